The highest BCUT2D eigenvalue weighted by Gasteiger charge is 2.52. The number of hydrogen-bond donors (Lipinski definition) is 1. The van der Waals surface area contributed by atoms with Crippen molar-refractivity contribution in [3.8, 4) is 11.5 Å². The van der Waals surface area contributed by atoms with E-state index in [1.165, 1.54) is 16.7 Å². The summed E-state index contributed by atoms with van der Waals surface area (Å²) in [5, 5.41) is 3.45. The third-order valence-electron chi connectivity index (χ3n) is 6.67. The largest absolute Gasteiger partial charge is 0.495 e. The molecule has 0 saturated carbocycles. The van der Waals surface area contributed by atoms with Crippen LogP contribution in [0, 0.1) is 25.3 Å². The summed E-state index contributed by atoms with van der Waals surface area (Å²) in [5.41, 5.74) is 9.01. The maximum absolute atomic E-state index is 6.43. The van der Waals surface area contributed by atoms with Gasteiger partial charge >= 0.3 is 7.12 Å². The second kappa shape index (κ2) is 8.44. The zero-order chi connectivity index (χ0) is 22.3. The first-order valence-electron chi connectivity index (χ1n) is 11.3. The molecule has 0 unspecified atom stereocenters. The monoisotopic (exact) mass is 426 g/mol. The second-order valence-corrected chi connectivity index (χ2v) is 15.6. The molecule has 0 aliphatic carbocycles. The highest BCUT2D eigenvalue weighted by Crippen LogP contribution is 2.37. The summed E-state index contributed by atoms with van der Waals surface area (Å²) in [5.74, 6) is 3.57. The first kappa shape index (κ1) is 23.6. The number of nitrogens with one attached hydrogen (secondary N) is 1. The van der Waals surface area contributed by atoms with Gasteiger partial charge in [0.2, 0.25) is 0 Å². The van der Waals surface area contributed by atoms with Crippen LogP contribution in [0.3, 0.4) is 0 Å². The molecule has 2 aliphatic heterocycles. The Morgan fingerprint density at radius 3 is 2.13 bits per heavy atom. The lowest BCUT2D eigenvalue weighted by Crippen LogP contribution is -2.43. The van der Waals surface area contributed by atoms with Crippen molar-refractivity contribution in [3.05, 3.63) is 28.3 Å². The van der Waals surface area contributed by atoms with Gasteiger partial charge in [0.1, 0.15) is 8.07 Å². The molecule has 0 aromatic heterocycles. The van der Waals surface area contributed by atoms with Gasteiger partial charge in [-0.1, -0.05) is 31.6 Å². The molecule has 0 atom stereocenters. The summed E-state index contributed by atoms with van der Waals surface area (Å²) in [6.45, 7) is 25.0. The standard InChI is InChI=1S/C24H39BN2O2Si/c1-18-20(17-27-13-11-26-12-14-27)16-22(19(2)21(18)10-15-30(7,8)9)25-28-23(3,4)24(5,6)29-25/h16,26H,11-14,17H2,1-9H3. The first-order valence-corrected chi connectivity index (χ1v) is 14.8. The quantitative estimate of drug-likeness (QED) is 0.595. The molecule has 30 heavy (non-hydrogen) atoms. The third kappa shape index (κ3) is 5.03. The fraction of sp³-hybridized carbons (Fsp3) is 0.667. The van der Waals surface area contributed by atoms with E-state index < -0.39 is 8.07 Å². The van der Waals surface area contributed by atoms with E-state index in [0.29, 0.717) is 0 Å². The molecule has 0 spiro atoms. The minimum atomic E-state index is -1.48. The van der Waals surface area contributed by atoms with Crippen LogP contribution in [0.15, 0.2) is 6.07 Å². The molecule has 2 heterocycles. The Labute approximate surface area is 185 Å². The van der Waals surface area contributed by atoms with Crippen molar-refractivity contribution in [2.45, 2.75) is 78.9 Å². The zero-order valence-corrected chi connectivity index (χ0v) is 21.5. The summed E-state index contributed by atoms with van der Waals surface area (Å²) in [4.78, 5) is 2.53. The zero-order valence-electron chi connectivity index (χ0n) is 20.5. The summed E-state index contributed by atoms with van der Waals surface area (Å²) in [6, 6.07) is 2.31. The Bertz CT molecular complexity index is 843. The van der Waals surface area contributed by atoms with Gasteiger partial charge in [-0.15, -0.1) is 5.54 Å². The number of rotatable bonds is 3. The van der Waals surface area contributed by atoms with Gasteiger partial charge in [-0.05, 0) is 63.7 Å². The normalized spacial score (nSPS) is 21.4. The molecule has 2 fully saturated rings. The van der Waals surface area contributed by atoms with Crippen LogP contribution in [-0.4, -0.2) is 57.5 Å². The molecule has 6 heteroatoms. The van der Waals surface area contributed by atoms with Crippen LogP contribution in [0.1, 0.15) is 49.9 Å². The van der Waals surface area contributed by atoms with E-state index in [-0.39, 0.29) is 18.3 Å². The summed E-state index contributed by atoms with van der Waals surface area (Å²) >= 11 is 0. The molecule has 0 radical (unpaired) electrons. The molecule has 4 nitrogen and oxygen atoms in total. The van der Waals surface area contributed by atoms with E-state index in [4.69, 9.17) is 9.31 Å². The highest BCUT2D eigenvalue weighted by molar-refractivity contribution is 6.83. The molecule has 2 aliphatic rings. The maximum Gasteiger partial charge on any atom is 0.495 e. The van der Waals surface area contributed by atoms with Crippen molar-refractivity contribution >= 4 is 20.7 Å². The molecule has 1 N–H and O–H groups in total. The highest BCUT2D eigenvalue weighted by atomic mass is 28.3. The predicted molar refractivity (Wildman–Crippen MR) is 130 cm³/mol. The Morgan fingerprint density at radius 2 is 1.60 bits per heavy atom. The van der Waals surface area contributed by atoms with Gasteiger partial charge in [-0.25, -0.2) is 0 Å². The minimum Gasteiger partial charge on any atom is -0.399 e. The van der Waals surface area contributed by atoms with Crippen molar-refractivity contribution in [2.24, 2.45) is 0 Å². The van der Waals surface area contributed by atoms with Gasteiger partial charge in [-0.3, -0.25) is 4.90 Å². The molecule has 0 bridgehead atoms. The average molecular weight is 426 g/mol. The van der Waals surface area contributed by atoms with E-state index in [9.17, 15) is 0 Å². The first-order chi connectivity index (χ1) is 13.8. The minimum absolute atomic E-state index is 0.349. The Morgan fingerprint density at radius 1 is 1.03 bits per heavy atom. The van der Waals surface area contributed by atoms with Crippen LogP contribution in [0.4, 0.5) is 0 Å². The van der Waals surface area contributed by atoms with Crippen LogP contribution in [0.5, 0.6) is 0 Å². The van der Waals surface area contributed by atoms with E-state index in [1.54, 1.807) is 0 Å². The van der Waals surface area contributed by atoms with E-state index in [0.717, 1.165) is 43.8 Å². The average Bonchev–Trinajstić information content (AvgIpc) is 2.84. The van der Waals surface area contributed by atoms with Gasteiger partial charge in [0.05, 0.1) is 11.2 Å². The lowest BCUT2D eigenvalue weighted by Gasteiger charge is -2.32. The van der Waals surface area contributed by atoms with Crippen molar-refractivity contribution in [1.82, 2.24) is 10.2 Å². The lowest BCUT2D eigenvalue weighted by atomic mass is 9.73. The Balaban J connectivity index is 2.07. The van der Waals surface area contributed by atoms with E-state index >= 15 is 0 Å². The van der Waals surface area contributed by atoms with Gasteiger partial charge in [0.15, 0.2) is 0 Å². The summed E-state index contributed by atoms with van der Waals surface area (Å²) in [7, 11) is -1.84. The van der Waals surface area contributed by atoms with Crippen molar-refractivity contribution in [1.29, 1.82) is 0 Å². The fourth-order valence-electron chi connectivity index (χ4n) is 3.92. The van der Waals surface area contributed by atoms with E-state index in [2.05, 4.69) is 88.9 Å². The van der Waals surface area contributed by atoms with Crippen LogP contribution >= 0.6 is 0 Å². The van der Waals surface area contributed by atoms with Gasteiger partial charge in [0.25, 0.3) is 0 Å². The fourth-order valence-corrected chi connectivity index (χ4v) is 4.42. The molecule has 3 rings (SSSR count). The van der Waals surface area contributed by atoms with Crippen molar-refractivity contribution in [3.63, 3.8) is 0 Å². The molecular weight excluding hydrogens is 387 g/mol. The number of nitrogens with zero attached hydrogens (tertiary/aromatic N) is 1. The molecule has 1 aromatic rings. The third-order valence-corrected chi connectivity index (χ3v) is 7.54. The van der Waals surface area contributed by atoms with Gasteiger partial charge < -0.3 is 14.6 Å². The van der Waals surface area contributed by atoms with E-state index in [1.807, 2.05) is 0 Å². The van der Waals surface area contributed by atoms with Crippen LogP contribution in [-0.2, 0) is 15.9 Å². The predicted octanol–water partition coefficient (Wildman–Crippen LogP) is 3.24. The second-order valence-electron chi connectivity index (χ2n) is 10.9. The van der Waals surface area contributed by atoms with Crippen LogP contribution < -0.4 is 10.8 Å². The topological polar surface area (TPSA) is 33.7 Å². The van der Waals surface area contributed by atoms with Crippen LogP contribution in [0.2, 0.25) is 19.6 Å². The van der Waals surface area contributed by atoms with Gasteiger partial charge in [-0.2, -0.15) is 0 Å². The molecule has 164 valence electrons. The summed E-state index contributed by atoms with van der Waals surface area (Å²) in [6.07, 6.45) is 0. The SMILES string of the molecule is Cc1c(CN2CCNCC2)cc(B2OC(C)(C)C(C)(C)O2)c(C)c1C#C[Si](C)(C)C. The number of hydrogen-bond acceptors (Lipinski definition) is 4. The van der Waals surface area contributed by atoms with Crippen molar-refractivity contribution in [2.75, 3.05) is 26.2 Å². The molecule has 1 aromatic carbocycles. The lowest BCUT2D eigenvalue weighted by molar-refractivity contribution is 0.00578. The van der Waals surface area contributed by atoms with Crippen molar-refractivity contribution < 1.29 is 9.31 Å². The van der Waals surface area contributed by atoms with Crippen LogP contribution in [0.25, 0.3) is 0 Å². The van der Waals surface area contributed by atoms with Gasteiger partial charge in [0, 0.05) is 38.3 Å². The Hall–Kier alpha value is -1.10. The number of benzene rings is 1. The number of piperazine rings is 1. The smallest absolute Gasteiger partial charge is 0.399 e. The molecule has 2 saturated heterocycles. The maximum atomic E-state index is 6.43. The Kier molecular flexibility index (Phi) is 6.63. The summed E-state index contributed by atoms with van der Waals surface area (Å²) < 4.78 is 12.9. The molecular formula is C24H39BN2O2Si. The molecule has 0 amide bonds.